The molecular weight excluding hydrogens is 490 g/mol. The highest BCUT2D eigenvalue weighted by Crippen LogP contribution is 2.27. The Morgan fingerprint density at radius 1 is 1.05 bits per heavy atom. The van der Waals surface area contributed by atoms with E-state index in [1.807, 2.05) is 73.0 Å². The molecule has 3 atom stereocenters. The van der Waals surface area contributed by atoms with Crippen LogP contribution in [0.15, 0.2) is 54.6 Å². The van der Waals surface area contributed by atoms with E-state index in [9.17, 15) is 14.4 Å². The van der Waals surface area contributed by atoms with Crippen LogP contribution in [0.25, 0.3) is 0 Å². The number of nitrogens with zero attached hydrogens (tertiary/aromatic N) is 2. The molecule has 4 N–H and O–H groups in total. The molecule has 1 heterocycles. The Hall–Kier alpha value is -3.23. The summed E-state index contributed by atoms with van der Waals surface area (Å²) in [7, 11) is 1.72. The van der Waals surface area contributed by atoms with E-state index >= 15 is 0 Å². The fraction of sp³-hybridized carbons (Fsp3) is 0.516. The first kappa shape index (κ1) is 30.3. The van der Waals surface area contributed by atoms with Gasteiger partial charge in [0.15, 0.2) is 0 Å². The summed E-state index contributed by atoms with van der Waals surface area (Å²) in [4.78, 5) is 44.1. The van der Waals surface area contributed by atoms with Crippen LogP contribution in [-0.2, 0) is 22.6 Å². The number of nitrogens with two attached hydrogens (primary N) is 1. The first-order chi connectivity index (χ1) is 18.5. The third-order valence-corrected chi connectivity index (χ3v) is 7.55. The molecule has 212 valence electrons. The van der Waals surface area contributed by atoms with E-state index in [1.165, 1.54) is 0 Å². The van der Waals surface area contributed by atoms with Crippen molar-refractivity contribution >= 4 is 17.7 Å². The number of likely N-dealkylation sites (tertiary alicyclic amines) is 1. The van der Waals surface area contributed by atoms with E-state index in [4.69, 9.17) is 5.73 Å². The van der Waals surface area contributed by atoms with Crippen LogP contribution in [0.5, 0.6) is 0 Å². The van der Waals surface area contributed by atoms with Gasteiger partial charge in [-0.1, -0.05) is 63.2 Å². The third kappa shape index (κ3) is 8.13. The first-order valence-corrected chi connectivity index (χ1v) is 14.0. The predicted molar refractivity (Wildman–Crippen MR) is 155 cm³/mol. The van der Waals surface area contributed by atoms with E-state index in [1.54, 1.807) is 14.0 Å². The molecule has 2 aromatic rings. The Balaban J connectivity index is 1.82. The number of hydrogen-bond acceptors (Lipinski definition) is 5. The van der Waals surface area contributed by atoms with Crippen molar-refractivity contribution in [3.8, 4) is 0 Å². The molecule has 1 aliphatic heterocycles. The summed E-state index contributed by atoms with van der Waals surface area (Å²) in [6, 6.07) is 16.3. The number of benzene rings is 2. The van der Waals surface area contributed by atoms with Crippen LogP contribution in [0.1, 0.15) is 62.0 Å². The van der Waals surface area contributed by atoms with E-state index in [0.717, 1.165) is 30.4 Å². The van der Waals surface area contributed by atoms with Gasteiger partial charge in [0.1, 0.15) is 6.04 Å². The molecule has 0 unspecified atom stereocenters. The summed E-state index contributed by atoms with van der Waals surface area (Å²) in [5, 5.41) is 5.92. The first-order valence-electron chi connectivity index (χ1n) is 14.0. The van der Waals surface area contributed by atoms with Crippen molar-refractivity contribution in [2.75, 3.05) is 26.7 Å². The lowest BCUT2D eigenvalue weighted by atomic mass is 9.85. The van der Waals surface area contributed by atoms with Gasteiger partial charge in [0.25, 0.3) is 5.91 Å². The van der Waals surface area contributed by atoms with Gasteiger partial charge in [-0.2, -0.15) is 0 Å². The Kier molecular flexibility index (Phi) is 10.7. The van der Waals surface area contributed by atoms with Crippen molar-refractivity contribution < 1.29 is 14.4 Å². The zero-order valence-corrected chi connectivity index (χ0v) is 24.1. The summed E-state index contributed by atoms with van der Waals surface area (Å²) in [6.07, 6.45) is 2.39. The Labute approximate surface area is 233 Å². The highest BCUT2D eigenvalue weighted by Gasteiger charge is 2.40. The lowest BCUT2D eigenvalue weighted by molar-refractivity contribution is -0.140. The van der Waals surface area contributed by atoms with Crippen LogP contribution in [0, 0.1) is 5.41 Å². The average Bonchev–Trinajstić information content (AvgIpc) is 3.40. The monoisotopic (exact) mass is 535 g/mol. The van der Waals surface area contributed by atoms with Gasteiger partial charge >= 0.3 is 0 Å². The number of hydrogen-bond donors (Lipinski definition) is 3. The molecule has 0 aliphatic carbocycles. The highest BCUT2D eigenvalue weighted by molar-refractivity contribution is 5.94. The van der Waals surface area contributed by atoms with E-state index in [2.05, 4.69) is 22.8 Å². The minimum absolute atomic E-state index is 0.0580. The average molecular weight is 536 g/mol. The standard InChI is InChI=1S/C31H45N5O3/c1-22(33-5)28(37)34-27(31(2,3)4)30(39)36-18-9-12-26(36)21-35(19-17-23-10-7-6-8-11-23)29(38)25-15-13-24(20-32)14-16-25/h6-8,10-11,13-16,22,26-27,33H,9,12,17-21,32H2,1-5H3,(H,34,37)/t22-,26-,27+/m0/s1. The second kappa shape index (κ2) is 13.7. The molecular formula is C31H45N5O3. The number of nitrogens with one attached hydrogen (secondary N) is 2. The number of likely N-dealkylation sites (N-methyl/N-ethyl adjacent to an activating group) is 1. The smallest absolute Gasteiger partial charge is 0.253 e. The Bertz CT molecular complexity index is 1100. The molecule has 39 heavy (non-hydrogen) atoms. The summed E-state index contributed by atoms with van der Waals surface area (Å²) in [6.45, 7) is 9.67. The molecule has 8 heteroatoms. The van der Waals surface area contributed by atoms with Crippen molar-refractivity contribution in [1.29, 1.82) is 0 Å². The second-order valence-corrected chi connectivity index (χ2v) is 11.5. The summed E-state index contributed by atoms with van der Waals surface area (Å²) < 4.78 is 0. The molecule has 2 aromatic carbocycles. The molecule has 3 rings (SSSR count). The predicted octanol–water partition coefficient (Wildman–Crippen LogP) is 2.96. The lowest BCUT2D eigenvalue weighted by Gasteiger charge is -2.37. The van der Waals surface area contributed by atoms with Gasteiger partial charge in [0.05, 0.1) is 6.04 Å². The van der Waals surface area contributed by atoms with Crippen molar-refractivity contribution in [2.45, 2.75) is 71.6 Å². The molecule has 3 amide bonds. The largest absolute Gasteiger partial charge is 0.342 e. The molecule has 0 spiro atoms. The quantitative estimate of drug-likeness (QED) is 0.410. The SMILES string of the molecule is CN[C@@H](C)C(=O)N[C@H](C(=O)N1CCC[C@H]1CN(CCc1ccccc1)C(=O)c1ccc(CN)cc1)C(C)(C)C. The fourth-order valence-electron chi connectivity index (χ4n) is 4.93. The van der Waals surface area contributed by atoms with Gasteiger partial charge in [-0.3, -0.25) is 14.4 Å². The molecule has 0 bridgehead atoms. The maximum Gasteiger partial charge on any atom is 0.253 e. The fourth-order valence-corrected chi connectivity index (χ4v) is 4.93. The maximum atomic E-state index is 13.9. The normalized spacial score (nSPS) is 17.0. The zero-order chi connectivity index (χ0) is 28.6. The number of rotatable bonds is 11. The van der Waals surface area contributed by atoms with Crippen molar-refractivity contribution in [1.82, 2.24) is 20.4 Å². The van der Waals surface area contributed by atoms with Crippen molar-refractivity contribution in [3.63, 3.8) is 0 Å². The van der Waals surface area contributed by atoms with Crippen LogP contribution in [0.3, 0.4) is 0 Å². The second-order valence-electron chi connectivity index (χ2n) is 11.5. The maximum absolute atomic E-state index is 13.9. The number of carbonyl (C=O) groups excluding carboxylic acids is 3. The van der Waals surface area contributed by atoms with Gasteiger partial charge in [-0.05, 0) is 61.9 Å². The highest BCUT2D eigenvalue weighted by atomic mass is 16.2. The Morgan fingerprint density at radius 2 is 1.72 bits per heavy atom. The van der Waals surface area contributed by atoms with Crippen molar-refractivity contribution in [3.05, 3.63) is 71.3 Å². The summed E-state index contributed by atoms with van der Waals surface area (Å²) in [5.74, 6) is -0.358. The lowest BCUT2D eigenvalue weighted by Crippen LogP contribution is -2.59. The molecule has 0 radical (unpaired) electrons. The molecule has 8 nitrogen and oxygen atoms in total. The van der Waals surface area contributed by atoms with Gasteiger partial charge in [0.2, 0.25) is 11.8 Å². The van der Waals surface area contributed by atoms with E-state index in [-0.39, 0.29) is 23.8 Å². The van der Waals surface area contributed by atoms with Crippen LogP contribution in [0.2, 0.25) is 0 Å². The van der Waals surface area contributed by atoms with Crippen LogP contribution in [0.4, 0.5) is 0 Å². The van der Waals surface area contributed by atoms with E-state index < -0.39 is 17.5 Å². The summed E-state index contributed by atoms with van der Waals surface area (Å²) in [5.41, 5.74) is 8.01. The number of amides is 3. The van der Waals surface area contributed by atoms with Gasteiger partial charge in [-0.25, -0.2) is 0 Å². The van der Waals surface area contributed by atoms with Crippen LogP contribution < -0.4 is 16.4 Å². The van der Waals surface area contributed by atoms with E-state index in [0.29, 0.717) is 31.7 Å². The Morgan fingerprint density at radius 3 is 2.31 bits per heavy atom. The zero-order valence-electron chi connectivity index (χ0n) is 24.1. The minimum Gasteiger partial charge on any atom is -0.342 e. The van der Waals surface area contributed by atoms with Gasteiger partial charge < -0.3 is 26.2 Å². The molecule has 1 fully saturated rings. The number of carbonyl (C=O) groups is 3. The van der Waals surface area contributed by atoms with Crippen molar-refractivity contribution in [2.24, 2.45) is 11.1 Å². The van der Waals surface area contributed by atoms with Gasteiger partial charge in [-0.15, -0.1) is 0 Å². The van der Waals surface area contributed by atoms with Crippen LogP contribution in [-0.4, -0.2) is 72.3 Å². The minimum atomic E-state index is -0.668. The van der Waals surface area contributed by atoms with Crippen LogP contribution >= 0.6 is 0 Å². The summed E-state index contributed by atoms with van der Waals surface area (Å²) >= 11 is 0. The molecule has 0 saturated carbocycles. The molecule has 1 saturated heterocycles. The topological polar surface area (TPSA) is 108 Å². The third-order valence-electron chi connectivity index (χ3n) is 7.55. The molecule has 0 aromatic heterocycles. The van der Waals surface area contributed by atoms with Gasteiger partial charge in [0, 0.05) is 37.8 Å². The molecule has 1 aliphatic rings.